The van der Waals surface area contributed by atoms with Gasteiger partial charge in [-0.3, -0.25) is 9.59 Å². The number of carboxylic acids is 1. The number of amides is 2. The number of hydrogen-bond donors (Lipinski definition) is 8. The minimum atomic E-state index is -2.34. The maximum Gasteiger partial charge on any atom is 0.338 e. The Labute approximate surface area is 231 Å². The highest BCUT2D eigenvalue weighted by Crippen LogP contribution is 2.36. The van der Waals surface area contributed by atoms with E-state index < -0.39 is 79.5 Å². The number of carbonyl (C=O) groups is 3. The molecule has 1 fully saturated rings. The highest BCUT2D eigenvalue weighted by atomic mass is 35.5. The van der Waals surface area contributed by atoms with E-state index in [0.29, 0.717) is 17.0 Å². The molecule has 0 spiro atoms. The van der Waals surface area contributed by atoms with Gasteiger partial charge in [0.1, 0.15) is 18.8 Å². The molecule has 0 radical (unpaired) electrons. The summed E-state index contributed by atoms with van der Waals surface area (Å²) >= 11 is 5.84. The molecule has 2 rings (SSSR count). The lowest BCUT2D eigenvalue weighted by Crippen LogP contribution is -2.70. The summed E-state index contributed by atoms with van der Waals surface area (Å²) in [6.07, 6.45) is -6.12. The zero-order valence-corrected chi connectivity index (χ0v) is 22.6. The molecule has 1 aliphatic heterocycles. The molecule has 1 saturated heterocycles. The Hall–Kier alpha value is -2.32. The molecule has 1 aliphatic rings. The largest absolute Gasteiger partial charge is 0.479 e. The first kappa shape index (κ1) is 32.9. The van der Waals surface area contributed by atoms with Crippen LogP contribution in [0.25, 0.3) is 0 Å². The molecule has 39 heavy (non-hydrogen) atoms. The first-order valence-electron chi connectivity index (χ1n) is 13.0. The van der Waals surface area contributed by atoms with E-state index in [4.69, 9.17) is 21.4 Å². The van der Waals surface area contributed by atoms with Crippen molar-refractivity contribution in [2.75, 3.05) is 13.2 Å². The Morgan fingerprint density at radius 1 is 1.10 bits per heavy atom. The first-order chi connectivity index (χ1) is 18.4. The number of carbonyl (C=O) groups excluding carboxylic acids is 2. The van der Waals surface area contributed by atoms with E-state index in [2.05, 4.69) is 10.6 Å². The average molecular weight is 575 g/mol. The van der Waals surface area contributed by atoms with E-state index in [-0.39, 0.29) is 12.8 Å². The number of aliphatic hydroxyl groups is 5. The molecular formula is C26H39ClN2O10. The number of nitrogens with one attached hydrogen (secondary N) is 2. The molecule has 220 valence electrons. The van der Waals surface area contributed by atoms with E-state index in [0.717, 1.165) is 19.3 Å². The molecule has 1 aromatic carbocycles. The van der Waals surface area contributed by atoms with Gasteiger partial charge in [-0.15, -0.1) is 0 Å². The van der Waals surface area contributed by atoms with Crippen molar-refractivity contribution in [3.8, 4) is 0 Å². The quantitative estimate of drug-likeness (QED) is 0.126. The van der Waals surface area contributed by atoms with Crippen LogP contribution in [-0.2, 0) is 25.5 Å². The molecule has 0 aliphatic carbocycles. The standard InChI is InChI=1S/C26H39ClN2O10/c1-2-3-4-5-6-19(33)26(25(37)38)12-17(31)22(29-21(35)14-30)24(39-26)23(36)18(32)13-28-20(34)11-15-7-9-16(27)10-8-15/h7-10,17-19,22-24,30-33,36H,2-6,11-14H2,1H3,(H,28,34)(H,29,35)(H,37,38)/t17-,18+,19-,22+,23+,24+,26-/m0/s1. The predicted molar refractivity (Wildman–Crippen MR) is 140 cm³/mol. The maximum atomic E-state index is 12.4. The van der Waals surface area contributed by atoms with E-state index in [1.54, 1.807) is 24.3 Å². The minimum absolute atomic E-state index is 0.0405. The summed E-state index contributed by atoms with van der Waals surface area (Å²) in [6, 6.07) is 5.10. The van der Waals surface area contributed by atoms with Crippen LogP contribution >= 0.6 is 11.6 Å². The molecule has 7 atom stereocenters. The van der Waals surface area contributed by atoms with E-state index in [1.807, 2.05) is 6.92 Å². The number of aliphatic hydroxyl groups excluding tert-OH is 5. The number of ether oxygens (including phenoxy) is 1. The van der Waals surface area contributed by atoms with Crippen molar-refractivity contribution in [2.45, 2.75) is 94.0 Å². The van der Waals surface area contributed by atoms with Crippen molar-refractivity contribution in [1.29, 1.82) is 0 Å². The molecule has 12 nitrogen and oxygen atoms in total. The molecule has 0 saturated carbocycles. The number of rotatable bonds is 15. The van der Waals surface area contributed by atoms with Gasteiger partial charge >= 0.3 is 5.97 Å². The summed E-state index contributed by atoms with van der Waals surface area (Å²) in [5, 5.41) is 67.7. The zero-order valence-electron chi connectivity index (χ0n) is 21.8. The van der Waals surface area contributed by atoms with E-state index in [9.17, 15) is 39.9 Å². The van der Waals surface area contributed by atoms with Gasteiger partial charge in [0, 0.05) is 18.0 Å². The Bertz CT molecular complexity index is 949. The summed E-state index contributed by atoms with van der Waals surface area (Å²) in [4.78, 5) is 36.6. The second kappa shape index (κ2) is 15.5. The molecular weight excluding hydrogens is 536 g/mol. The molecule has 0 unspecified atom stereocenters. The van der Waals surface area contributed by atoms with Crippen molar-refractivity contribution >= 4 is 29.4 Å². The lowest BCUT2D eigenvalue weighted by Gasteiger charge is -2.48. The third-order valence-electron chi connectivity index (χ3n) is 6.85. The molecule has 1 aromatic rings. The van der Waals surface area contributed by atoms with Crippen LogP contribution in [0.1, 0.15) is 51.0 Å². The molecule has 0 aromatic heterocycles. The SMILES string of the molecule is CCCCCC[C@H](O)[C@]1(C(=O)O)C[C@H](O)[C@@H](NC(=O)CO)[C@H]([C@H](O)[C@H](O)CNC(=O)Cc2ccc(Cl)cc2)O1. The maximum absolute atomic E-state index is 12.4. The summed E-state index contributed by atoms with van der Waals surface area (Å²) < 4.78 is 5.74. The normalized spacial score (nSPS) is 25.4. The van der Waals surface area contributed by atoms with Crippen LogP contribution in [-0.4, -0.2) is 104 Å². The van der Waals surface area contributed by atoms with Gasteiger partial charge in [-0.05, 0) is 24.1 Å². The van der Waals surface area contributed by atoms with Crippen LogP contribution in [0.15, 0.2) is 24.3 Å². The Morgan fingerprint density at radius 2 is 1.77 bits per heavy atom. The van der Waals surface area contributed by atoms with Crippen molar-refractivity contribution in [3.05, 3.63) is 34.9 Å². The fraction of sp³-hybridized carbons (Fsp3) is 0.654. The summed E-state index contributed by atoms with van der Waals surface area (Å²) in [5.74, 6) is -3.01. The fourth-order valence-electron chi connectivity index (χ4n) is 4.61. The number of aliphatic carboxylic acids is 1. The first-order valence-corrected chi connectivity index (χ1v) is 13.4. The lowest BCUT2D eigenvalue weighted by atomic mass is 9.79. The second-order valence-corrected chi connectivity index (χ2v) is 10.3. The van der Waals surface area contributed by atoms with Crippen molar-refractivity contribution in [1.82, 2.24) is 10.6 Å². The third kappa shape index (κ3) is 9.10. The smallest absolute Gasteiger partial charge is 0.338 e. The highest BCUT2D eigenvalue weighted by molar-refractivity contribution is 6.30. The Balaban J connectivity index is 2.19. The van der Waals surface area contributed by atoms with Crippen LogP contribution in [0.2, 0.25) is 5.02 Å². The number of carboxylic acid groups (broad SMARTS) is 1. The van der Waals surface area contributed by atoms with Crippen LogP contribution in [0.3, 0.4) is 0 Å². The molecule has 13 heteroatoms. The van der Waals surface area contributed by atoms with Crippen molar-refractivity contribution in [2.24, 2.45) is 0 Å². The van der Waals surface area contributed by atoms with E-state index in [1.165, 1.54) is 0 Å². The molecule has 2 amide bonds. The number of halogens is 1. The third-order valence-corrected chi connectivity index (χ3v) is 7.10. The van der Waals surface area contributed by atoms with Crippen LogP contribution in [0.5, 0.6) is 0 Å². The summed E-state index contributed by atoms with van der Waals surface area (Å²) in [6.45, 7) is 0.567. The van der Waals surface area contributed by atoms with Crippen LogP contribution in [0, 0.1) is 0 Å². The average Bonchev–Trinajstić information content (AvgIpc) is 2.91. The number of hydrogen-bond acceptors (Lipinski definition) is 9. The van der Waals surface area contributed by atoms with Crippen LogP contribution in [0.4, 0.5) is 0 Å². The molecule has 0 bridgehead atoms. The van der Waals surface area contributed by atoms with Gasteiger partial charge in [0.15, 0.2) is 5.60 Å². The van der Waals surface area contributed by atoms with Crippen molar-refractivity contribution < 1.29 is 49.8 Å². The molecule has 8 N–H and O–H groups in total. The van der Waals surface area contributed by atoms with Gasteiger partial charge in [-0.2, -0.15) is 0 Å². The monoisotopic (exact) mass is 574 g/mol. The second-order valence-electron chi connectivity index (χ2n) is 9.83. The lowest BCUT2D eigenvalue weighted by molar-refractivity contribution is -0.251. The fourth-order valence-corrected chi connectivity index (χ4v) is 4.74. The molecule has 1 heterocycles. The van der Waals surface area contributed by atoms with Gasteiger partial charge in [0.2, 0.25) is 11.8 Å². The van der Waals surface area contributed by atoms with Gasteiger partial charge < -0.3 is 46.0 Å². The van der Waals surface area contributed by atoms with Gasteiger partial charge in [0.25, 0.3) is 0 Å². The topological polar surface area (TPSA) is 206 Å². The predicted octanol–water partition coefficient (Wildman–Crippen LogP) is -0.498. The Kier molecular flexibility index (Phi) is 13.0. The zero-order chi connectivity index (χ0) is 29.2. The highest BCUT2D eigenvalue weighted by Gasteiger charge is 2.57. The number of benzene rings is 1. The van der Waals surface area contributed by atoms with E-state index >= 15 is 0 Å². The van der Waals surface area contributed by atoms with Gasteiger partial charge in [-0.25, -0.2) is 4.79 Å². The van der Waals surface area contributed by atoms with Gasteiger partial charge in [0.05, 0.1) is 30.8 Å². The Morgan fingerprint density at radius 3 is 2.36 bits per heavy atom. The van der Waals surface area contributed by atoms with Crippen molar-refractivity contribution in [3.63, 3.8) is 0 Å². The van der Waals surface area contributed by atoms with Crippen LogP contribution < -0.4 is 10.6 Å². The van der Waals surface area contributed by atoms with Gasteiger partial charge in [-0.1, -0.05) is 56.3 Å². The summed E-state index contributed by atoms with van der Waals surface area (Å²) in [5.41, 5.74) is -1.69. The minimum Gasteiger partial charge on any atom is -0.479 e. The summed E-state index contributed by atoms with van der Waals surface area (Å²) in [7, 11) is 0. The number of unbranched alkanes of at least 4 members (excludes halogenated alkanes) is 3.